The average Bonchev–Trinajstić information content (AvgIpc) is 2.76. The summed E-state index contributed by atoms with van der Waals surface area (Å²) < 4.78 is 0. The number of benzene rings is 1. The van der Waals surface area contributed by atoms with Gasteiger partial charge in [0, 0.05) is 23.6 Å². The van der Waals surface area contributed by atoms with Gasteiger partial charge in [-0.3, -0.25) is 4.79 Å². The van der Waals surface area contributed by atoms with E-state index in [1.54, 1.807) is 0 Å². The van der Waals surface area contributed by atoms with Crippen molar-refractivity contribution in [3.8, 4) is 0 Å². The van der Waals surface area contributed by atoms with Crippen LogP contribution in [0.15, 0.2) is 30.3 Å². The number of carbonyl (C=O) groups is 1. The van der Waals surface area contributed by atoms with Crippen molar-refractivity contribution in [1.82, 2.24) is 0 Å². The first-order valence-corrected chi connectivity index (χ1v) is 7.16. The summed E-state index contributed by atoms with van der Waals surface area (Å²) in [6.45, 7) is 0. The summed E-state index contributed by atoms with van der Waals surface area (Å²) in [6.07, 6.45) is 7.68. The number of para-hydroxylation sites is 1. The van der Waals surface area contributed by atoms with Crippen LogP contribution in [0, 0.1) is 5.41 Å². The first-order valence-electron chi connectivity index (χ1n) is 7.16. The van der Waals surface area contributed by atoms with Crippen molar-refractivity contribution in [1.29, 1.82) is 0 Å². The normalized spacial score (nSPS) is 31.8. The molecule has 2 aliphatic rings. The minimum Gasteiger partial charge on any atom is -0.381 e. The maximum absolute atomic E-state index is 12.3. The van der Waals surface area contributed by atoms with Gasteiger partial charge in [0.25, 0.3) is 0 Å². The Balaban J connectivity index is 1.82. The van der Waals surface area contributed by atoms with E-state index in [1.165, 1.54) is 12.8 Å². The Labute approximate surface area is 109 Å². The van der Waals surface area contributed by atoms with Crippen molar-refractivity contribution in [2.45, 2.75) is 51.0 Å². The van der Waals surface area contributed by atoms with Gasteiger partial charge in [0.05, 0.1) is 0 Å². The van der Waals surface area contributed by atoms with Crippen LogP contribution in [0.4, 0.5) is 5.69 Å². The smallest absolute Gasteiger partial charge is 0.141 e. The first kappa shape index (κ1) is 11.8. The van der Waals surface area contributed by atoms with Gasteiger partial charge in [-0.25, -0.2) is 0 Å². The lowest BCUT2D eigenvalue weighted by atomic mass is 9.68. The topological polar surface area (TPSA) is 29.1 Å². The highest BCUT2D eigenvalue weighted by molar-refractivity contribution is 5.88. The molecule has 18 heavy (non-hydrogen) atoms. The number of anilines is 1. The summed E-state index contributed by atoms with van der Waals surface area (Å²) in [5.41, 5.74) is 1.11. The van der Waals surface area contributed by atoms with E-state index in [-0.39, 0.29) is 5.41 Å². The maximum Gasteiger partial charge on any atom is 0.141 e. The van der Waals surface area contributed by atoms with E-state index in [0.29, 0.717) is 11.8 Å². The van der Waals surface area contributed by atoms with Crippen LogP contribution in [0.5, 0.6) is 0 Å². The second-order valence-electron chi connectivity index (χ2n) is 5.74. The summed E-state index contributed by atoms with van der Waals surface area (Å²) in [7, 11) is 0. The van der Waals surface area contributed by atoms with E-state index >= 15 is 0 Å². The highest BCUT2D eigenvalue weighted by Gasteiger charge is 2.48. The average molecular weight is 243 g/mol. The van der Waals surface area contributed by atoms with E-state index in [9.17, 15) is 4.79 Å². The number of Topliss-reactive ketones (excluding diaryl/α,β-unsaturated/α-hetero) is 1. The van der Waals surface area contributed by atoms with Gasteiger partial charge in [-0.1, -0.05) is 31.0 Å². The third kappa shape index (κ3) is 1.94. The molecule has 96 valence electrons. The predicted octanol–water partition coefficient (Wildman–Crippen LogP) is 3.78. The molecule has 1 spiro atoms. The molecule has 0 aromatic heterocycles. The fraction of sp³-hybridized carbons (Fsp3) is 0.562. The first-order chi connectivity index (χ1) is 8.81. The summed E-state index contributed by atoms with van der Waals surface area (Å²) >= 11 is 0. The number of hydrogen-bond acceptors (Lipinski definition) is 2. The molecule has 0 amide bonds. The Hall–Kier alpha value is -1.31. The molecular formula is C16H21NO. The van der Waals surface area contributed by atoms with Gasteiger partial charge in [0.1, 0.15) is 5.78 Å². The van der Waals surface area contributed by atoms with Crippen molar-refractivity contribution >= 4 is 11.5 Å². The Morgan fingerprint density at radius 1 is 1.06 bits per heavy atom. The summed E-state index contributed by atoms with van der Waals surface area (Å²) in [6, 6.07) is 10.7. The zero-order chi connectivity index (χ0) is 12.4. The largest absolute Gasteiger partial charge is 0.381 e. The lowest BCUT2D eigenvalue weighted by Gasteiger charge is -2.41. The highest BCUT2D eigenvalue weighted by atomic mass is 16.1. The van der Waals surface area contributed by atoms with Gasteiger partial charge in [0.2, 0.25) is 0 Å². The van der Waals surface area contributed by atoms with Gasteiger partial charge < -0.3 is 5.32 Å². The SMILES string of the molecule is O=C1CCCC12CCCCC2Nc1ccccc1. The zero-order valence-corrected chi connectivity index (χ0v) is 10.8. The molecule has 0 heterocycles. The number of rotatable bonds is 2. The number of ketones is 1. The van der Waals surface area contributed by atoms with Crippen molar-refractivity contribution in [2.75, 3.05) is 5.32 Å². The van der Waals surface area contributed by atoms with Crippen LogP contribution in [0.2, 0.25) is 0 Å². The summed E-state index contributed by atoms with van der Waals surface area (Å²) in [5, 5.41) is 3.62. The van der Waals surface area contributed by atoms with Crippen LogP contribution in [0.25, 0.3) is 0 Å². The van der Waals surface area contributed by atoms with E-state index in [1.807, 2.05) is 18.2 Å². The second-order valence-corrected chi connectivity index (χ2v) is 5.74. The molecular weight excluding hydrogens is 222 g/mol. The summed E-state index contributed by atoms with van der Waals surface area (Å²) in [4.78, 5) is 12.3. The molecule has 2 saturated carbocycles. The number of hydrogen-bond donors (Lipinski definition) is 1. The molecule has 1 aromatic rings. The minimum absolute atomic E-state index is 0.0475. The fourth-order valence-electron chi connectivity index (χ4n) is 3.77. The van der Waals surface area contributed by atoms with Crippen molar-refractivity contribution in [3.63, 3.8) is 0 Å². The van der Waals surface area contributed by atoms with Crippen LogP contribution >= 0.6 is 0 Å². The molecule has 2 nitrogen and oxygen atoms in total. The molecule has 2 atom stereocenters. The molecule has 2 fully saturated rings. The van der Waals surface area contributed by atoms with Crippen LogP contribution in [0.1, 0.15) is 44.9 Å². The van der Waals surface area contributed by atoms with Crippen molar-refractivity contribution in [3.05, 3.63) is 30.3 Å². The lowest BCUT2D eigenvalue weighted by molar-refractivity contribution is -0.127. The highest BCUT2D eigenvalue weighted by Crippen LogP contribution is 2.47. The van der Waals surface area contributed by atoms with Gasteiger partial charge in [-0.05, 0) is 37.8 Å². The molecule has 0 bridgehead atoms. The van der Waals surface area contributed by atoms with Crippen LogP contribution in [-0.2, 0) is 4.79 Å². The monoisotopic (exact) mass is 243 g/mol. The minimum atomic E-state index is -0.0475. The van der Waals surface area contributed by atoms with Gasteiger partial charge in [-0.2, -0.15) is 0 Å². The predicted molar refractivity (Wildman–Crippen MR) is 73.6 cm³/mol. The Morgan fingerprint density at radius 3 is 2.56 bits per heavy atom. The van der Waals surface area contributed by atoms with Crippen LogP contribution in [0.3, 0.4) is 0 Å². The molecule has 2 unspecified atom stereocenters. The third-order valence-electron chi connectivity index (χ3n) is 4.73. The van der Waals surface area contributed by atoms with Gasteiger partial charge in [-0.15, -0.1) is 0 Å². The molecule has 2 heteroatoms. The maximum atomic E-state index is 12.3. The molecule has 3 rings (SSSR count). The Bertz CT molecular complexity index is 428. The molecule has 0 radical (unpaired) electrons. The van der Waals surface area contributed by atoms with Crippen LogP contribution < -0.4 is 5.32 Å². The molecule has 1 aromatic carbocycles. The zero-order valence-electron chi connectivity index (χ0n) is 10.8. The summed E-state index contributed by atoms with van der Waals surface area (Å²) in [5.74, 6) is 0.510. The standard InChI is InChI=1S/C16H21NO/c18-15-10-6-12-16(15)11-5-4-9-14(16)17-13-7-2-1-3-8-13/h1-3,7-8,14,17H,4-6,9-12H2. The fourth-order valence-corrected chi connectivity index (χ4v) is 3.77. The molecule has 0 saturated heterocycles. The third-order valence-corrected chi connectivity index (χ3v) is 4.73. The van der Waals surface area contributed by atoms with E-state index in [2.05, 4.69) is 17.4 Å². The Kier molecular flexibility index (Phi) is 3.11. The lowest BCUT2D eigenvalue weighted by Crippen LogP contribution is -2.46. The van der Waals surface area contributed by atoms with Crippen molar-refractivity contribution < 1.29 is 4.79 Å². The molecule has 2 aliphatic carbocycles. The quantitative estimate of drug-likeness (QED) is 0.856. The van der Waals surface area contributed by atoms with Gasteiger partial charge in [0.15, 0.2) is 0 Å². The number of nitrogens with one attached hydrogen (secondary N) is 1. The molecule has 1 N–H and O–H groups in total. The van der Waals surface area contributed by atoms with Crippen LogP contribution in [-0.4, -0.2) is 11.8 Å². The Morgan fingerprint density at radius 2 is 1.83 bits per heavy atom. The second kappa shape index (κ2) is 4.75. The van der Waals surface area contributed by atoms with E-state index < -0.39 is 0 Å². The number of carbonyl (C=O) groups excluding carboxylic acids is 1. The van der Waals surface area contributed by atoms with Crippen molar-refractivity contribution in [2.24, 2.45) is 5.41 Å². The van der Waals surface area contributed by atoms with Gasteiger partial charge >= 0.3 is 0 Å². The molecule has 0 aliphatic heterocycles. The van der Waals surface area contributed by atoms with E-state index in [0.717, 1.165) is 37.8 Å². The van der Waals surface area contributed by atoms with E-state index in [4.69, 9.17) is 0 Å².